The van der Waals surface area contributed by atoms with Gasteiger partial charge in [0.1, 0.15) is 0 Å². The fourth-order valence-electron chi connectivity index (χ4n) is 3.26. The number of nitrogens with one attached hydrogen (secondary N) is 1. The summed E-state index contributed by atoms with van der Waals surface area (Å²) in [5.74, 6) is -2.08. The Labute approximate surface area is 173 Å². The third-order valence-electron chi connectivity index (χ3n) is 4.90. The Balaban J connectivity index is 1.62. The summed E-state index contributed by atoms with van der Waals surface area (Å²) in [5, 5.41) is 2.42. The molecule has 0 unspecified atom stereocenters. The normalized spacial score (nSPS) is 14.1. The van der Waals surface area contributed by atoms with Crippen LogP contribution in [-0.2, 0) is 23.0 Å². The topological polar surface area (TPSA) is 84.9 Å². The van der Waals surface area contributed by atoms with E-state index in [1.165, 1.54) is 11.4 Å². The average Bonchev–Trinajstić information content (AvgIpc) is 2.73. The van der Waals surface area contributed by atoms with Crippen molar-refractivity contribution in [2.24, 2.45) is 0 Å². The van der Waals surface area contributed by atoms with Gasteiger partial charge < -0.3 is 14.8 Å². The molecule has 0 bridgehead atoms. The maximum absolute atomic E-state index is 13.2. The number of nitrogens with zero attached hydrogens (tertiary/aromatic N) is 1. The number of fused-ring (bicyclic) bond motifs is 1. The monoisotopic (exact) mass is 440 g/mol. The van der Waals surface area contributed by atoms with Crippen molar-refractivity contribution in [3.05, 3.63) is 58.7 Å². The highest BCUT2D eigenvalue weighted by atomic mass is 32.2. The van der Waals surface area contributed by atoms with Crippen LogP contribution in [-0.4, -0.2) is 51.7 Å². The first-order chi connectivity index (χ1) is 14.2. The number of hydrogen-bond donors (Lipinski definition) is 1. The van der Waals surface area contributed by atoms with Gasteiger partial charge in [0.15, 0.2) is 23.1 Å². The van der Waals surface area contributed by atoms with Crippen molar-refractivity contribution in [3.8, 4) is 11.5 Å². The van der Waals surface area contributed by atoms with Crippen LogP contribution in [0.15, 0.2) is 30.3 Å². The van der Waals surface area contributed by atoms with E-state index in [1.807, 2.05) is 6.07 Å². The van der Waals surface area contributed by atoms with Crippen molar-refractivity contribution < 1.29 is 31.5 Å². The molecule has 1 heterocycles. The van der Waals surface area contributed by atoms with Gasteiger partial charge in [0.2, 0.25) is 10.0 Å². The lowest BCUT2D eigenvalue weighted by Crippen LogP contribution is -2.40. The summed E-state index contributed by atoms with van der Waals surface area (Å²) in [5.41, 5.74) is 1.73. The van der Waals surface area contributed by atoms with Gasteiger partial charge in [0.25, 0.3) is 5.91 Å². The van der Waals surface area contributed by atoms with E-state index in [1.54, 1.807) is 13.2 Å². The van der Waals surface area contributed by atoms with E-state index in [-0.39, 0.29) is 24.4 Å². The average molecular weight is 440 g/mol. The third-order valence-corrected chi connectivity index (χ3v) is 6.72. The number of sulfonamides is 1. The van der Waals surface area contributed by atoms with Crippen molar-refractivity contribution in [3.63, 3.8) is 0 Å². The summed E-state index contributed by atoms with van der Waals surface area (Å²) in [7, 11) is -0.590. The molecular formula is C20H22F2N2O5S. The number of carbonyl (C=O) groups is 1. The fourth-order valence-corrected chi connectivity index (χ4v) is 4.58. The summed E-state index contributed by atoms with van der Waals surface area (Å²) in [6, 6.07) is 6.35. The summed E-state index contributed by atoms with van der Waals surface area (Å²) in [6.45, 7) is 0.340. The van der Waals surface area contributed by atoms with Crippen LogP contribution in [0.5, 0.6) is 11.5 Å². The number of methoxy groups -OCH3 is 2. The zero-order valence-electron chi connectivity index (χ0n) is 16.6. The Morgan fingerprint density at radius 2 is 1.73 bits per heavy atom. The van der Waals surface area contributed by atoms with Crippen LogP contribution >= 0.6 is 0 Å². The zero-order valence-corrected chi connectivity index (χ0v) is 17.4. The Kier molecular flexibility index (Phi) is 6.57. The van der Waals surface area contributed by atoms with E-state index in [9.17, 15) is 22.0 Å². The van der Waals surface area contributed by atoms with Crippen LogP contribution in [0.25, 0.3) is 0 Å². The first kappa shape index (κ1) is 22.0. The predicted octanol–water partition coefficient (Wildman–Crippen LogP) is 2.10. The molecule has 0 spiro atoms. The first-order valence-corrected chi connectivity index (χ1v) is 10.8. The molecule has 0 aliphatic carbocycles. The molecule has 0 radical (unpaired) electrons. The molecule has 0 atom stereocenters. The van der Waals surface area contributed by atoms with Gasteiger partial charge in [0, 0.05) is 25.2 Å². The first-order valence-electron chi connectivity index (χ1n) is 9.20. The van der Waals surface area contributed by atoms with Crippen LogP contribution in [0.2, 0.25) is 0 Å². The Morgan fingerprint density at radius 1 is 1.07 bits per heavy atom. The van der Waals surface area contributed by atoms with Gasteiger partial charge in [-0.05, 0) is 47.9 Å². The number of rotatable bonds is 7. The second kappa shape index (κ2) is 8.97. The van der Waals surface area contributed by atoms with Crippen LogP contribution in [0.1, 0.15) is 21.5 Å². The predicted molar refractivity (Wildman–Crippen MR) is 106 cm³/mol. The third kappa shape index (κ3) is 4.71. The van der Waals surface area contributed by atoms with Crippen LogP contribution < -0.4 is 14.8 Å². The standard InChI is InChI=1S/C20H22F2N2O5S/c1-28-18-10-13-5-7-24(12-15(13)11-19(18)29-2)30(26,27)8-6-23-20(25)14-3-4-16(21)17(22)9-14/h3-4,9-11H,5-8,12H2,1-2H3,(H,23,25). The molecule has 7 nitrogen and oxygen atoms in total. The van der Waals surface area contributed by atoms with Gasteiger partial charge in [-0.15, -0.1) is 0 Å². The Morgan fingerprint density at radius 3 is 2.37 bits per heavy atom. The van der Waals surface area contributed by atoms with Crippen LogP contribution in [0.3, 0.4) is 0 Å². The maximum Gasteiger partial charge on any atom is 0.251 e. The van der Waals surface area contributed by atoms with Gasteiger partial charge in [-0.1, -0.05) is 0 Å². The van der Waals surface area contributed by atoms with Crippen LogP contribution in [0.4, 0.5) is 8.78 Å². The largest absolute Gasteiger partial charge is 0.493 e. The zero-order chi connectivity index (χ0) is 21.9. The quantitative estimate of drug-likeness (QED) is 0.713. The van der Waals surface area contributed by atoms with Gasteiger partial charge in [-0.3, -0.25) is 4.79 Å². The Hall–Kier alpha value is -2.72. The van der Waals surface area contributed by atoms with Crippen molar-refractivity contribution in [2.75, 3.05) is 33.1 Å². The molecule has 2 aromatic carbocycles. The summed E-state index contributed by atoms with van der Waals surface area (Å²) >= 11 is 0. The summed E-state index contributed by atoms with van der Waals surface area (Å²) < 4.78 is 63.5. The minimum Gasteiger partial charge on any atom is -0.493 e. The number of amides is 1. The van der Waals surface area contributed by atoms with Gasteiger partial charge in [-0.2, -0.15) is 4.31 Å². The van der Waals surface area contributed by atoms with E-state index in [0.717, 1.165) is 29.3 Å². The molecule has 30 heavy (non-hydrogen) atoms. The molecule has 0 saturated carbocycles. The van der Waals surface area contributed by atoms with Gasteiger partial charge >= 0.3 is 0 Å². The van der Waals surface area contributed by atoms with E-state index in [2.05, 4.69) is 5.32 Å². The highest BCUT2D eigenvalue weighted by Gasteiger charge is 2.28. The summed E-state index contributed by atoms with van der Waals surface area (Å²) in [4.78, 5) is 12.0. The van der Waals surface area contributed by atoms with E-state index in [0.29, 0.717) is 24.5 Å². The van der Waals surface area contributed by atoms with Crippen LogP contribution in [0, 0.1) is 11.6 Å². The molecular weight excluding hydrogens is 418 g/mol. The van der Waals surface area contributed by atoms with Crippen molar-refractivity contribution in [1.82, 2.24) is 9.62 Å². The van der Waals surface area contributed by atoms with E-state index >= 15 is 0 Å². The molecule has 0 saturated heterocycles. The molecule has 162 valence electrons. The van der Waals surface area contributed by atoms with E-state index in [4.69, 9.17) is 9.47 Å². The second-order valence-corrected chi connectivity index (χ2v) is 8.85. The molecule has 1 N–H and O–H groups in total. The lowest BCUT2D eigenvalue weighted by atomic mass is 10.0. The SMILES string of the molecule is COc1cc2c(cc1OC)CN(S(=O)(=O)CCNC(=O)c1ccc(F)c(F)c1)CC2. The van der Waals surface area contributed by atoms with Crippen molar-refractivity contribution >= 4 is 15.9 Å². The van der Waals surface area contributed by atoms with Gasteiger partial charge in [0.05, 0.1) is 20.0 Å². The smallest absolute Gasteiger partial charge is 0.251 e. The molecule has 10 heteroatoms. The van der Waals surface area contributed by atoms with Crippen molar-refractivity contribution in [1.29, 1.82) is 0 Å². The molecule has 3 rings (SSSR count). The fraction of sp³-hybridized carbons (Fsp3) is 0.350. The van der Waals surface area contributed by atoms with E-state index < -0.39 is 27.6 Å². The molecule has 2 aromatic rings. The molecule has 1 aliphatic heterocycles. The van der Waals surface area contributed by atoms with Crippen molar-refractivity contribution in [2.45, 2.75) is 13.0 Å². The van der Waals surface area contributed by atoms with Gasteiger partial charge in [-0.25, -0.2) is 17.2 Å². The highest BCUT2D eigenvalue weighted by Crippen LogP contribution is 2.33. The number of halogens is 2. The molecule has 0 fully saturated rings. The summed E-state index contributed by atoms with van der Waals surface area (Å²) in [6.07, 6.45) is 0.524. The maximum atomic E-state index is 13.2. The minimum atomic E-state index is -3.64. The molecule has 1 amide bonds. The highest BCUT2D eigenvalue weighted by molar-refractivity contribution is 7.89. The lowest BCUT2D eigenvalue weighted by Gasteiger charge is -2.29. The molecule has 1 aliphatic rings. The number of carbonyl (C=O) groups excluding carboxylic acids is 1. The second-order valence-electron chi connectivity index (χ2n) is 6.76. The number of benzene rings is 2. The molecule has 0 aromatic heterocycles. The Bertz CT molecular complexity index is 1060. The lowest BCUT2D eigenvalue weighted by molar-refractivity contribution is 0.0955. The number of ether oxygens (including phenoxy) is 2. The minimum absolute atomic E-state index is 0.0840. The number of hydrogen-bond acceptors (Lipinski definition) is 5.